The van der Waals surface area contributed by atoms with Crippen LogP contribution in [0.3, 0.4) is 0 Å². The van der Waals surface area contributed by atoms with E-state index in [9.17, 15) is 4.79 Å². The minimum absolute atomic E-state index is 0.136. The van der Waals surface area contributed by atoms with Crippen LogP contribution in [0.5, 0.6) is 0 Å². The summed E-state index contributed by atoms with van der Waals surface area (Å²) < 4.78 is 1.90. The second kappa shape index (κ2) is 6.92. The Morgan fingerprint density at radius 1 is 1.08 bits per heavy atom. The number of amides is 1. The molecule has 0 N–H and O–H groups in total. The number of aromatic nitrogens is 3. The van der Waals surface area contributed by atoms with Crippen LogP contribution in [0.15, 0.2) is 41.9 Å². The Morgan fingerprint density at radius 2 is 1.88 bits per heavy atom. The smallest absolute Gasteiger partial charge is 0.264 e. The van der Waals surface area contributed by atoms with Crippen molar-refractivity contribution in [3.05, 3.63) is 58.2 Å². The van der Waals surface area contributed by atoms with Gasteiger partial charge in [-0.05, 0) is 37.4 Å². The molecule has 1 saturated heterocycles. The van der Waals surface area contributed by atoms with Crippen molar-refractivity contribution in [2.24, 2.45) is 0 Å². The zero-order valence-electron chi connectivity index (χ0n) is 14.9. The van der Waals surface area contributed by atoms with Gasteiger partial charge in [0.15, 0.2) is 5.82 Å². The van der Waals surface area contributed by atoms with Gasteiger partial charge in [0.1, 0.15) is 0 Å². The Morgan fingerprint density at radius 3 is 2.54 bits per heavy atom. The highest BCUT2D eigenvalue weighted by Gasteiger charge is 2.26. The van der Waals surface area contributed by atoms with Crippen LogP contribution >= 0.6 is 11.3 Å². The van der Waals surface area contributed by atoms with Gasteiger partial charge < -0.3 is 9.80 Å². The number of rotatable bonds is 3. The number of pyridine rings is 1. The highest BCUT2D eigenvalue weighted by atomic mass is 32.1. The molecule has 26 heavy (non-hydrogen) atoms. The molecule has 1 aliphatic rings. The maximum atomic E-state index is 12.5. The van der Waals surface area contributed by atoms with Crippen LogP contribution in [0.1, 0.15) is 21.1 Å². The number of thiophene rings is 1. The summed E-state index contributed by atoms with van der Waals surface area (Å²) in [5.41, 5.74) is 3.23. The third-order valence-electron chi connectivity index (χ3n) is 4.73. The van der Waals surface area contributed by atoms with Gasteiger partial charge in [0, 0.05) is 32.4 Å². The van der Waals surface area contributed by atoms with Crippen molar-refractivity contribution in [1.82, 2.24) is 19.7 Å². The standard InChI is InChI=1S/C19H21N5OS/c1-14-18(15(2)24(21-14)17-7-3-4-8-20-17)22-9-11-23(12-10-22)19(25)16-6-5-13-26-16/h3-8,13H,9-12H2,1-2H3. The largest absolute Gasteiger partial charge is 0.365 e. The highest BCUT2D eigenvalue weighted by Crippen LogP contribution is 2.27. The number of carbonyl (C=O) groups is 1. The van der Waals surface area contributed by atoms with Gasteiger partial charge in [-0.2, -0.15) is 5.10 Å². The van der Waals surface area contributed by atoms with E-state index in [1.807, 2.05) is 52.2 Å². The summed E-state index contributed by atoms with van der Waals surface area (Å²) in [5.74, 6) is 0.961. The van der Waals surface area contributed by atoms with E-state index in [0.717, 1.165) is 53.9 Å². The first-order valence-corrected chi connectivity index (χ1v) is 9.58. The first-order chi connectivity index (χ1) is 12.6. The van der Waals surface area contributed by atoms with E-state index in [0.29, 0.717) is 0 Å². The minimum atomic E-state index is 0.136. The van der Waals surface area contributed by atoms with Gasteiger partial charge in [-0.3, -0.25) is 4.79 Å². The van der Waals surface area contributed by atoms with E-state index in [4.69, 9.17) is 0 Å². The lowest BCUT2D eigenvalue weighted by atomic mass is 10.2. The second-order valence-electron chi connectivity index (χ2n) is 6.38. The van der Waals surface area contributed by atoms with Crippen molar-refractivity contribution in [3.8, 4) is 5.82 Å². The Kier molecular flexibility index (Phi) is 4.46. The average Bonchev–Trinajstić information content (AvgIpc) is 3.30. The normalized spacial score (nSPS) is 14.7. The van der Waals surface area contributed by atoms with Crippen LogP contribution in [-0.2, 0) is 0 Å². The molecule has 0 spiro atoms. The van der Waals surface area contributed by atoms with Gasteiger partial charge in [-0.25, -0.2) is 9.67 Å². The van der Waals surface area contributed by atoms with Gasteiger partial charge in [-0.1, -0.05) is 12.1 Å². The third-order valence-corrected chi connectivity index (χ3v) is 5.59. The number of carbonyl (C=O) groups excluding carboxylic acids is 1. The monoisotopic (exact) mass is 367 g/mol. The quantitative estimate of drug-likeness (QED) is 0.714. The van der Waals surface area contributed by atoms with Crippen molar-refractivity contribution in [2.45, 2.75) is 13.8 Å². The van der Waals surface area contributed by atoms with Gasteiger partial charge in [0.05, 0.1) is 22.0 Å². The van der Waals surface area contributed by atoms with E-state index in [1.165, 1.54) is 11.3 Å². The molecular formula is C19H21N5OS. The summed E-state index contributed by atoms with van der Waals surface area (Å²) in [6.45, 7) is 7.19. The predicted octanol–water partition coefficient (Wildman–Crippen LogP) is 2.91. The molecule has 0 atom stereocenters. The summed E-state index contributed by atoms with van der Waals surface area (Å²) in [6, 6.07) is 9.64. The lowest BCUT2D eigenvalue weighted by Gasteiger charge is -2.36. The van der Waals surface area contributed by atoms with Crippen molar-refractivity contribution in [3.63, 3.8) is 0 Å². The van der Waals surface area contributed by atoms with Crippen LogP contribution in [0.25, 0.3) is 5.82 Å². The Balaban J connectivity index is 1.51. The third kappa shape index (κ3) is 2.99. The Bertz CT molecular complexity index is 896. The highest BCUT2D eigenvalue weighted by molar-refractivity contribution is 7.12. The number of hydrogen-bond acceptors (Lipinski definition) is 5. The van der Waals surface area contributed by atoms with E-state index >= 15 is 0 Å². The molecule has 0 bridgehead atoms. The first kappa shape index (κ1) is 16.8. The van der Waals surface area contributed by atoms with E-state index in [-0.39, 0.29) is 5.91 Å². The minimum Gasteiger partial charge on any atom is -0.365 e. The zero-order valence-corrected chi connectivity index (χ0v) is 15.7. The van der Waals surface area contributed by atoms with E-state index < -0.39 is 0 Å². The summed E-state index contributed by atoms with van der Waals surface area (Å²) in [4.78, 5) is 22.0. The fourth-order valence-electron chi connectivity index (χ4n) is 3.48. The van der Waals surface area contributed by atoms with E-state index in [1.54, 1.807) is 6.20 Å². The molecule has 0 unspecified atom stereocenters. The fraction of sp³-hybridized carbons (Fsp3) is 0.316. The molecule has 1 amide bonds. The van der Waals surface area contributed by atoms with Crippen molar-refractivity contribution >= 4 is 22.9 Å². The number of aryl methyl sites for hydroxylation is 1. The molecule has 4 heterocycles. The van der Waals surface area contributed by atoms with Crippen LogP contribution < -0.4 is 4.90 Å². The van der Waals surface area contributed by atoms with Crippen LogP contribution in [-0.4, -0.2) is 51.8 Å². The van der Waals surface area contributed by atoms with Crippen LogP contribution in [0, 0.1) is 13.8 Å². The summed E-state index contributed by atoms with van der Waals surface area (Å²) in [6.07, 6.45) is 1.78. The molecule has 1 fully saturated rings. The number of anilines is 1. The van der Waals surface area contributed by atoms with Crippen LogP contribution in [0.2, 0.25) is 0 Å². The second-order valence-corrected chi connectivity index (χ2v) is 7.32. The average molecular weight is 367 g/mol. The van der Waals surface area contributed by atoms with Gasteiger partial charge in [0.25, 0.3) is 5.91 Å². The molecule has 134 valence electrons. The molecule has 3 aromatic rings. The summed E-state index contributed by atoms with van der Waals surface area (Å²) in [5, 5.41) is 6.63. The maximum Gasteiger partial charge on any atom is 0.264 e. The molecule has 3 aromatic heterocycles. The van der Waals surface area contributed by atoms with E-state index in [2.05, 4.69) is 21.9 Å². The Hall–Kier alpha value is -2.67. The van der Waals surface area contributed by atoms with Crippen LogP contribution in [0.4, 0.5) is 5.69 Å². The number of piperazine rings is 1. The topological polar surface area (TPSA) is 54.3 Å². The summed E-state index contributed by atoms with van der Waals surface area (Å²) in [7, 11) is 0. The zero-order chi connectivity index (χ0) is 18.1. The fourth-order valence-corrected chi connectivity index (χ4v) is 4.17. The molecule has 1 aliphatic heterocycles. The number of hydrogen-bond donors (Lipinski definition) is 0. The molecule has 0 aliphatic carbocycles. The SMILES string of the molecule is Cc1nn(-c2ccccn2)c(C)c1N1CCN(C(=O)c2cccs2)CC1. The molecule has 7 heteroatoms. The molecule has 6 nitrogen and oxygen atoms in total. The van der Waals surface area contributed by atoms with Crippen molar-refractivity contribution in [1.29, 1.82) is 0 Å². The number of nitrogens with zero attached hydrogens (tertiary/aromatic N) is 5. The lowest BCUT2D eigenvalue weighted by Crippen LogP contribution is -2.49. The molecule has 0 radical (unpaired) electrons. The van der Waals surface area contributed by atoms with Gasteiger partial charge in [-0.15, -0.1) is 11.3 Å². The lowest BCUT2D eigenvalue weighted by molar-refractivity contribution is 0.0751. The molecular weight excluding hydrogens is 346 g/mol. The maximum absolute atomic E-state index is 12.5. The first-order valence-electron chi connectivity index (χ1n) is 8.70. The molecule has 4 rings (SSSR count). The van der Waals surface area contributed by atoms with Gasteiger partial charge >= 0.3 is 0 Å². The van der Waals surface area contributed by atoms with Crippen molar-refractivity contribution < 1.29 is 4.79 Å². The molecule has 0 saturated carbocycles. The molecule has 0 aromatic carbocycles. The summed E-state index contributed by atoms with van der Waals surface area (Å²) >= 11 is 1.50. The van der Waals surface area contributed by atoms with Gasteiger partial charge in [0.2, 0.25) is 0 Å². The predicted molar refractivity (Wildman–Crippen MR) is 103 cm³/mol. The Labute approximate surface area is 156 Å². The van der Waals surface area contributed by atoms with Crippen molar-refractivity contribution in [2.75, 3.05) is 31.1 Å².